The van der Waals surface area contributed by atoms with E-state index < -0.39 is 20.5 Å². The van der Waals surface area contributed by atoms with Crippen LogP contribution in [0.25, 0.3) is 0 Å². The van der Waals surface area contributed by atoms with Crippen LogP contribution in [0.5, 0.6) is 11.5 Å². The summed E-state index contributed by atoms with van der Waals surface area (Å²) >= 11 is 5.92. The fourth-order valence-corrected chi connectivity index (χ4v) is 4.21. The maximum atomic E-state index is 13.2. The third kappa shape index (κ3) is 4.17. The van der Waals surface area contributed by atoms with Crippen LogP contribution in [0.2, 0.25) is 5.02 Å². The topological polar surface area (TPSA) is 68.6 Å². The normalized spacial score (nSPS) is 15.2. The number of rotatable bonds is 7. The van der Waals surface area contributed by atoms with Gasteiger partial charge in [-0.15, -0.1) is 0 Å². The van der Waals surface area contributed by atoms with Gasteiger partial charge in [-0.25, -0.2) is 8.42 Å². The van der Waals surface area contributed by atoms with Crippen LogP contribution < -0.4 is 4.74 Å². The molecule has 3 rings (SSSR count). The highest BCUT2D eigenvalue weighted by atomic mass is 35.5. The maximum Gasteiger partial charge on any atom is 0.341 e. The van der Waals surface area contributed by atoms with E-state index in [2.05, 4.69) is 9.98 Å². The monoisotopic (exact) mass is 428 g/mol. The second-order valence-electron chi connectivity index (χ2n) is 6.34. The highest BCUT2D eigenvalue weighted by Gasteiger charge is 2.35. The van der Waals surface area contributed by atoms with Gasteiger partial charge < -0.3 is 4.74 Å². The number of pyridine rings is 1. The van der Waals surface area contributed by atoms with Crippen LogP contribution in [0.4, 0.5) is 8.78 Å². The molecule has 28 heavy (non-hydrogen) atoms. The Morgan fingerprint density at radius 1 is 1.29 bits per heavy atom. The van der Waals surface area contributed by atoms with Crippen LogP contribution in [0.1, 0.15) is 37.3 Å². The number of benzene rings is 1. The molecule has 0 bridgehead atoms. The number of fused-ring (bicyclic) bond motifs is 1. The number of aliphatic imine (C=N–C) groups is 1. The van der Waals surface area contributed by atoms with Crippen molar-refractivity contribution < 1.29 is 21.9 Å². The lowest BCUT2D eigenvalue weighted by atomic mass is 10.1. The van der Waals surface area contributed by atoms with E-state index >= 15 is 0 Å². The fraction of sp³-hybridized carbons (Fsp3) is 0.368. The third-order valence-corrected chi connectivity index (χ3v) is 6.02. The number of hydrogen-bond donors (Lipinski definition) is 0. The summed E-state index contributed by atoms with van der Waals surface area (Å²) in [5.74, 6) is -2.75. The van der Waals surface area contributed by atoms with E-state index in [1.807, 2.05) is 6.92 Å². The molecule has 2 aromatic rings. The van der Waals surface area contributed by atoms with Gasteiger partial charge in [0.25, 0.3) is 0 Å². The second-order valence-corrected chi connectivity index (χ2v) is 8.67. The van der Waals surface area contributed by atoms with Gasteiger partial charge in [-0.3, -0.25) is 9.98 Å². The predicted molar refractivity (Wildman–Crippen MR) is 104 cm³/mol. The Hall–Kier alpha value is -2.06. The van der Waals surface area contributed by atoms with E-state index in [9.17, 15) is 17.2 Å². The van der Waals surface area contributed by atoms with Crippen molar-refractivity contribution >= 4 is 27.1 Å². The van der Waals surface area contributed by atoms with Gasteiger partial charge in [0.2, 0.25) is 9.84 Å². The van der Waals surface area contributed by atoms with Crippen molar-refractivity contribution in [2.75, 3.05) is 6.54 Å². The molecule has 0 saturated carbocycles. The average molecular weight is 429 g/mol. The van der Waals surface area contributed by atoms with Crippen LogP contribution in [0.3, 0.4) is 0 Å². The molecule has 1 aliphatic carbocycles. The maximum absolute atomic E-state index is 13.2. The van der Waals surface area contributed by atoms with E-state index in [0.717, 1.165) is 18.9 Å². The summed E-state index contributed by atoms with van der Waals surface area (Å²) in [5, 5.41) is 0.382. The van der Waals surface area contributed by atoms with Gasteiger partial charge in [-0.1, -0.05) is 24.9 Å². The van der Waals surface area contributed by atoms with Crippen LogP contribution in [0.15, 0.2) is 40.5 Å². The molecule has 0 unspecified atom stereocenters. The predicted octanol–water partition coefficient (Wildman–Crippen LogP) is 5.06. The average Bonchev–Trinajstić information content (AvgIpc) is 3.06. The lowest BCUT2D eigenvalue weighted by molar-refractivity contribution is 0.234. The van der Waals surface area contributed by atoms with Crippen molar-refractivity contribution in [2.24, 2.45) is 4.99 Å². The molecular formula is C19H19ClF2N2O3S. The number of sulfone groups is 1. The molecule has 1 aromatic heterocycles. The smallest absolute Gasteiger partial charge is 0.341 e. The number of hydrogen-bond acceptors (Lipinski definition) is 5. The number of alkyl halides is 2. The van der Waals surface area contributed by atoms with Gasteiger partial charge in [0.15, 0.2) is 0 Å². The first-order valence-corrected chi connectivity index (χ1v) is 10.8. The first-order chi connectivity index (χ1) is 13.3. The Labute approximate surface area is 167 Å². The molecule has 9 heteroatoms. The van der Waals surface area contributed by atoms with E-state index in [4.69, 9.17) is 16.3 Å². The van der Waals surface area contributed by atoms with Crippen LogP contribution in [0, 0.1) is 0 Å². The molecule has 1 aliphatic rings. The highest BCUT2D eigenvalue weighted by Crippen LogP contribution is 2.39. The van der Waals surface area contributed by atoms with Gasteiger partial charge in [-0.2, -0.15) is 8.78 Å². The zero-order valence-corrected chi connectivity index (χ0v) is 16.7. The largest absolute Gasteiger partial charge is 0.455 e. The quantitative estimate of drug-likeness (QED) is 0.578. The third-order valence-electron chi connectivity index (χ3n) is 4.40. The molecule has 0 aliphatic heterocycles. The molecule has 0 saturated heterocycles. The number of aromatic nitrogens is 1. The molecule has 0 atom stereocenters. The molecule has 0 N–H and O–H groups in total. The molecule has 0 radical (unpaired) electrons. The standard InChI is InChI=1S/C19H19ClF2N2O3S/c1-2-3-8-24-15-5-4-14-16(27-13-9-12(20)10-23-11-13)6-7-17(18(14)15)28(25,26)19(21)22/h6-7,9-11,19H,2-5,8H2,1H3/b24-15+. The lowest BCUT2D eigenvalue weighted by Gasteiger charge is -2.14. The molecule has 0 amide bonds. The van der Waals surface area contributed by atoms with E-state index in [0.29, 0.717) is 47.2 Å². The number of nitrogens with zero attached hydrogens (tertiary/aromatic N) is 2. The van der Waals surface area contributed by atoms with Gasteiger partial charge in [0, 0.05) is 35.6 Å². The van der Waals surface area contributed by atoms with Crippen molar-refractivity contribution in [3.63, 3.8) is 0 Å². The van der Waals surface area contributed by atoms with Crippen LogP contribution in [-0.4, -0.2) is 31.4 Å². The van der Waals surface area contributed by atoms with E-state index in [1.165, 1.54) is 18.5 Å². The van der Waals surface area contributed by atoms with Crippen LogP contribution >= 0.6 is 11.6 Å². The molecule has 0 spiro atoms. The summed E-state index contributed by atoms with van der Waals surface area (Å²) in [7, 11) is -4.77. The van der Waals surface area contributed by atoms with Crippen molar-refractivity contribution in [3.8, 4) is 11.5 Å². The summed E-state index contributed by atoms with van der Waals surface area (Å²) in [6.07, 6.45) is 5.61. The minimum Gasteiger partial charge on any atom is -0.455 e. The Morgan fingerprint density at radius 3 is 2.75 bits per heavy atom. The minimum atomic E-state index is -4.77. The Morgan fingerprint density at radius 2 is 2.07 bits per heavy atom. The number of halogens is 3. The Bertz CT molecular complexity index is 1010. The highest BCUT2D eigenvalue weighted by molar-refractivity contribution is 7.91. The first kappa shape index (κ1) is 20.7. The van der Waals surface area contributed by atoms with Gasteiger partial charge in [-0.05, 0) is 31.4 Å². The molecule has 1 heterocycles. The summed E-state index contributed by atoms with van der Waals surface area (Å²) in [6, 6.07) is 4.12. The van der Waals surface area contributed by atoms with E-state index in [-0.39, 0.29) is 5.56 Å². The lowest BCUT2D eigenvalue weighted by Crippen LogP contribution is -2.16. The zero-order valence-electron chi connectivity index (χ0n) is 15.2. The van der Waals surface area contributed by atoms with Crippen molar-refractivity contribution in [1.82, 2.24) is 4.98 Å². The Balaban J connectivity index is 2.10. The molecule has 0 fully saturated rings. The number of ether oxygens (including phenoxy) is 1. The molecule has 1 aromatic carbocycles. The first-order valence-electron chi connectivity index (χ1n) is 8.84. The molecule has 5 nitrogen and oxygen atoms in total. The van der Waals surface area contributed by atoms with Crippen molar-refractivity contribution in [2.45, 2.75) is 43.3 Å². The van der Waals surface area contributed by atoms with Crippen molar-refractivity contribution in [3.05, 3.63) is 46.7 Å². The van der Waals surface area contributed by atoms with Crippen LogP contribution in [-0.2, 0) is 16.3 Å². The minimum absolute atomic E-state index is 0.240. The fourth-order valence-electron chi connectivity index (χ4n) is 3.07. The van der Waals surface area contributed by atoms with Gasteiger partial charge >= 0.3 is 5.76 Å². The van der Waals surface area contributed by atoms with E-state index in [1.54, 1.807) is 6.07 Å². The zero-order chi connectivity index (χ0) is 20.3. The SMILES string of the molecule is CCCC/N=C1\CCc2c(Oc3cncc(Cl)c3)ccc(S(=O)(=O)C(F)F)c21. The van der Waals surface area contributed by atoms with Gasteiger partial charge in [0.1, 0.15) is 11.5 Å². The van der Waals surface area contributed by atoms with Crippen molar-refractivity contribution in [1.29, 1.82) is 0 Å². The summed E-state index contributed by atoms with van der Waals surface area (Å²) in [4.78, 5) is 8.01. The Kier molecular flexibility index (Phi) is 6.30. The summed E-state index contributed by atoms with van der Waals surface area (Å²) in [6.45, 7) is 2.53. The number of unbranched alkanes of at least 4 members (excludes halogenated alkanes) is 1. The van der Waals surface area contributed by atoms with Gasteiger partial charge in [0.05, 0.1) is 16.1 Å². The second kappa shape index (κ2) is 8.53. The molecular weight excluding hydrogens is 410 g/mol. The summed E-state index contributed by atoms with van der Waals surface area (Å²) < 4.78 is 56.7. The summed E-state index contributed by atoms with van der Waals surface area (Å²) in [5.41, 5.74) is 1.32. The molecule has 150 valence electrons.